The Bertz CT molecular complexity index is 1060. The predicted octanol–water partition coefficient (Wildman–Crippen LogP) is 3.64. The van der Waals surface area contributed by atoms with E-state index in [2.05, 4.69) is 5.32 Å². The number of aliphatic carboxylic acids is 1. The molecule has 2 N–H and O–H groups in total. The number of alkyl halides is 3. The molecular formula is C24H23F3N2O5. The molecule has 0 aromatic heterocycles. The minimum absolute atomic E-state index is 0.0556. The van der Waals surface area contributed by atoms with Crippen LogP contribution in [0.2, 0.25) is 0 Å². The zero-order valence-electron chi connectivity index (χ0n) is 18.0. The molecule has 2 atom stereocenters. The topological polar surface area (TPSA) is 95.9 Å². The number of carbonyl (C=O) groups is 3. The fourth-order valence-corrected chi connectivity index (χ4v) is 4.47. The average Bonchev–Trinajstić information content (AvgIpc) is 3.49. The molecule has 2 aromatic carbocycles. The number of amides is 2. The van der Waals surface area contributed by atoms with Crippen LogP contribution in [-0.4, -0.2) is 60.4 Å². The molecule has 2 aromatic rings. The van der Waals surface area contributed by atoms with Crippen molar-refractivity contribution in [3.8, 4) is 11.1 Å². The van der Waals surface area contributed by atoms with Gasteiger partial charge in [-0.1, -0.05) is 48.5 Å². The molecule has 0 saturated heterocycles. The molecule has 0 radical (unpaired) electrons. The highest BCUT2D eigenvalue weighted by atomic mass is 19.4. The van der Waals surface area contributed by atoms with Crippen LogP contribution in [0.4, 0.5) is 18.0 Å². The van der Waals surface area contributed by atoms with Crippen LogP contribution in [-0.2, 0) is 14.3 Å². The van der Waals surface area contributed by atoms with Gasteiger partial charge in [0.25, 0.3) is 0 Å². The molecule has 4 rings (SSSR count). The van der Waals surface area contributed by atoms with Gasteiger partial charge in [0.1, 0.15) is 19.7 Å². The summed E-state index contributed by atoms with van der Waals surface area (Å²) in [5, 5.41) is 11.4. The average molecular weight is 476 g/mol. The van der Waals surface area contributed by atoms with E-state index in [1.165, 1.54) is 0 Å². The molecule has 34 heavy (non-hydrogen) atoms. The predicted molar refractivity (Wildman–Crippen MR) is 115 cm³/mol. The van der Waals surface area contributed by atoms with Gasteiger partial charge in [-0.2, -0.15) is 13.2 Å². The van der Waals surface area contributed by atoms with E-state index in [0.717, 1.165) is 22.3 Å². The highest BCUT2D eigenvalue weighted by Gasteiger charge is 2.47. The molecule has 0 spiro atoms. The van der Waals surface area contributed by atoms with Gasteiger partial charge in [0, 0.05) is 18.4 Å². The molecule has 2 aliphatic rings. The van der Waals surface area contributed by atoms with Gasteiger partial charge < -0.3 is 20.1 Å². The van der Waals surface area contributed by atoms with Crippen LogP contribution in [0.15, 0.2) is 48.5 Å². The zero-order valence-corrected chi connectivity index (χ0v) is 18.0. The summed E-state index contributed by atoms with van der Waals surface area (Å²) in [7, 11) is 0. The van der Waals surface area contributed by atoms with Crippen molar-refractivity contribution >= 4 is 18.0 Å². The van der Waals surface area contributed by atoms with Crippen LogP contribution in [0.3, 0.4) is 0 Å². The van der Waals surface area contributed by atoms with E-state index >= 15 is 0 Å². The Labute approximate surface area is 193 Å². The molecular weight excluding hydrogens is 453 g/mol. The molecule has 7 nitrogen and oxygen atoms in total. The van der Waals surface area contributed by atoms with Crippen molar-refractivity contribution in [2.24, 2.45) is 11.8 Å². The van der Waals surface area contributed by atoms with Crippen molar-refractivity contribution in [3.63, 3.8) is 0 Å². The third-order valence-corrected chi connectivity index (χ3v) is 6.10. The van der Waals surface area contributed by atoms with Gasteiger partial charge in [-0.25, -0.2) is 4.79 Å². The molecule has 2 amide bonds. The third-order valence-electron chi connectivity index (χ3n) is 6.10. The first-order chi connectivity index (χ1) is 16.1. The Morgan fingerprint density at radius 2 is 1.62 bits per heavy atom. The number of benzene rings is 2. The normalized spacial score (nSPS) is 18.6. The van der Waals surface area contributed by atoms with Crippen molar-refractivity contribution in [1.29, 1.82) is 0 Å². The lowest BCUT2D eigenvalue weighted by atomic mass is 9.98. The molecule has 0 aliphatic heterocycles. The van der Waals surface area contributed by atoms with Crippen LogP contribution >= 0.6 is 0 Å². The maximum absolute atomic E-state index is 12.7. The van der Waals surface area contributed by atoms with E-state index < -0.39 is 43.2 Å². The molecule has 2 aliphatic carbocycles. The van der Waals surface area contributed by atoms with E-state index in [9.17, 15) is 27.6 Å². The monoisotopic (exact) mass is 476 g/mol. The van der Waals surface area contributed by atoms with Crippen molar-refractivity contribution in [2.75, 3.05) is 26.2 Å². The second-order valence-corrected chi connectivity index (χ2v) is 8.51. The smallest absolute Gasteiger partial charge is 0.407 e. The zero-order chi connectivity index (χ0) is 24.5. The molecule has 10 heteroatoms. The minimum atomic E-state index is -4.70. The van der Waals surface area contributed by atoms with Crippen LogP contribution in [0.1, 0.15) is 23.5 Å². The number of rotatable bonds is 8. The summed E-state index contributed by atoms with van der Waals surface area (Å²) in [6.45, 7) is -2.48. The SMILES string of the molecule is O=C(O)CN(CC(F)(F)F)C(=O)[C@@H]1C[C@@H]1CNC(=O)OCC1c2ccccc2-c2ccccc21. The van der Waals surface area contributed by atoms with Gasteiger partial charge in [0.2, 0.25) is 5.91 Å². The summed E-state index contributed by atoms with van der Waals surface area (Å²) in [5.41, 5.74) is 4.31. The first-order valence-electron chi connectivity index (χ1n) is 10.8. The maximum Gasteiger partial charge on any atom is 0.407 e. The molecule has 180 valence electrons. The van der Waals surface area contributed by atoms with Crippen molar-refractivity contribution < 1.29 is 37.4 Å². The number of fused-ring (bicyclic) bond motifs is 3. The Morgan fingerprint density at radius 1 is 1.03 bits per heavy atom. The summed E-state index contributed by atoms with van der Waals surface area (Å²) in [5.74, 6) is -3.63. The van der Waals surface area contributed by atoms with Gasteiger partial charge in [-0.05, 0) is 34.6 Å². The molecule has 0 bridgehead atoms. The van der Waals surface area contributed by atoms with E-state index in [4.69, 9.17) is 9.84 Å². The number of nitrogens with zero attached hydrogens (tertiary/aromatic N) is 1. The molecule has 1 fully saturated rings. The lowest BCUT2D eigenvalue weighted by Gasteiger charge is -2.22. The standard InChI is InChI=1S/C24H23F3N2O5/c25-24(26,27)13-29(11-21(30)31)22(32)19-9-14(19)10-28-23(33)34-12-20-17-7-3-1-5-15(17)16-6-2-4-8-18(16)20/h1-8,14,19-20H,9-13H2,(H,28,33)(H,30,31)/t14-,19-/m1/s1. The van der Waals surface area contributed by atoms with E-state index in [-0.39, 0.29) is 31.4 Å². The van der Waals surface area contributed by atoms with E-state index in [1.807, 2.05) is 48.5 Å². The fraction of sp³-hybridized carbons (Fsp3) is 0.375. The number of alkyl carbamates (subject to hydrolysis) is 1. The number of halogens is 3. The number of carboxylic acid groups (broad SMARTS) is 1. The minimum Gasteiger partial charge on any atom is -0.480 e. The largest absolute Gasteiger partial charge is 0.480 e. The van der Waals surface area contributed by atoms with Gasteiger partial charge in [0.05, 0.1) is 0 Å². The number of carbonyl (C=O) groups excluding carboxylic acids is 2. The van der Waals surface area contributed by atoms with Crippen molar-refractivity contribution in [1.82, 2.24) is 10.2 Å². The van der Waals surface area contributed by atoms with Crippen molar-refractivity contribution in [2.45, 2.75) is 18.5 Å². The highest BCUT2D eigenvalue weighted by Crippen LogP contribution is 2.44. The van der Waals surface area contributed by atoms with Gasteiger partial charge in [-0.15, -0.1) is 0 Å². The van der Waals surface area contributed by atoms with E-state index in [0.29, 0.717) is 4.90 Å². The summed E-state index contributed by atoms with van der Waals surface area (Å²) in [6.07, 6.45) is -5.11. The van der Waals surface area contributed by atoms with Crippen LogP contribution in [0.5, 0.6) is 0 Å². The first-order valence-corrected chi connectivity index (χ1v) is 10.8. The van der Waals surface area contributed by atoms with Crippen LogP contribution < -0.4 is 5.32 Å². The number of hydrogen-bond acceptors (Lipinski definition) is 4. The first kappa shape index (κ1) is 23.6. The van der Waals surface area contributed by atoms with Crippen molar-refractivity contribution in [3.05, 3.63) is 59.7 Å². The third kappa shape index (κ3) is 5.32. The lowest BCUT2D eigenvalue weighted by Crippen LogP contribution is -2.43. The van der Waals surface area contributed by atoms with E-state index in [1.54, 1.807) is 0 Å². The Hall–Kier alpha value is -3.56. The number of hydrogen-bond donors (Lipinski definition) is 2. The summed E-state index contributed by atoms with van der Waals surface area (Å²) < 4.78 is 43.5. The molecule has 1 saturated carbocycles. The number of ether oxygens (including phenoxy) is 1. The molecule has 0 heterocycles. The number of carboxylic acids is 1. The summed E-state index contributed by atoms with van der Waals surface area (Å²) in [4.78, 5) is 35.7. The fourth-order valence-electron chi connectivity index (χ4n) is 4.47. The maximum atomic E-state index is 12.7. The Kier molecular flexibility index (Phi) is 6.49. The quantitative estimate of drug-likeness (QED) is 0.607. The van der Waals surface area contributed by atoms with Gasteiger partial charge in [-0.3, -0.25) is 9.59 Å². The van der Waals surface area contributed by atoms with Gasteiger partial charge in [0.15, 0.2) is 0 Å². The van der Waals surface area contributed by atoms with Crippen LogP contribution in [0.25, 0.3) is 11.1 Å². The highest BCUT2D eigenvalue weighted by molar-refractivity contribution is 5.85. The van der Waals surface area contributed by atoms with Gasteiger partial charge >= 0.3 is 18.2 Å². The second-order valence-electron chi connectivity index (χ2n) is 8.51. The summed E-state index contributed by atoms with van der Waals surface area (Å²) >= 11 is 0. The summed E-state index contributed by atoms with van der Waals surface area (Å²) in [6, 6.07) is 15.8. The van der Waals surface area contributed by atoms with Crippen LogP contribution in [0, 0.1) is 11.8 Å². The molecule has 0 unspecified atom stereocenters. The number of nitrogens with one attached hydrogen (secondary N) is 1. The lowest BCUT2D eigenvalue weighted by molar-refractivity contribution is -0.166. The Morgan fingerprint density at radius 3 is 2.18 bits per heavy atom. The second kappa shape index (κ2) is 9.36. The Balaban J connectivity index is 1.28.